The van der Waals surface area contributed by atoms with E-state index in [1.165, 1.54) is 6.92 Å². The van der Waals surface area contributed by atoms with Crippen LogP contribution in [0.1, 0.15) is 42.5 Å². The lowest BCUT2D eigenvalue weighted by Crippen LogP contribution is -2.81. The lowest BCUT2D eigenvalue weighted by molar-refractivity contribution is -0.408. The quantitative estimate of drug-likeness (QED) is 0.484. The van der Waals surface area contributed by atoms with E-state index >= 15 is 0 Å². The molecule has 0 aliphatic rings. The number of rotatable bonds is 8. The van der Waals surface area contributed by atoms with Crippen molar-refractivity contribution >= 4 is 31.9 Å². The fraction of sp³-hybridized carbons (Fsp3) is 0.545. The Morgan fingerprint density at radius 3 is 2.36 bits per heavy atom. The molecule has 1 atom stereocenters. The van der Waals surface area contributed by atoms with Gasteiger partial charge in [-0.1, -0.05) is 19.8 Å². The zero-order valence-corrected chi connectivity index (χ0v) is 13.6. The van der Waals surface area contributed by atoms with Gasteiger partial charge < -0.3 is 13.5 Å². The molecule has 0 aliphatic heterocycles. The third-order valence-corrected chi connectivity index (χ3v) is 4.62. The summed E-state index contributed by atoms with van der Waals surface area (Å²) in [5.41, 5.74) is -0.157. The molecule has 0 radical (unpaired) electrons. The molecular formula is C11H16NO8S2-. The Bertz CT molecular complexity index is 747. The lowest BCUT2D eigenvalue weighted by Gasteiger charge is -2.17. The topological polar surface area (TPSA) is 161 Å². The highest BCUT2D eigenvalue weighted by atomic mass is 32.2. The van der Waals surface area contributed by atoms with E-state index in [4.69, 9.17) is 4.42 Å². The van der Waals surface area contributed by atoms with Crippen molar-refractivity contribution in [2.75, 3.05) is 0 Å². The van der Waals surface area contributed by atoms with Gasteiger partial charge in [0.05, 0.1) is 6.07 Å². The maximum absolute atomic E-state index is 12.1. The number of Topliss-reactive ketones (excluding diaryl/α,β-unsaturated/α-hetero) is 1. The molecule has 0 fully saturated rings. The van der Waals surface area contributed by atoms with Crippen molar-refractivity contribution in [1.82, 2.24) is 0 Å². The van der Waals surface area contributed by atoms with Crippen LogP contribution in [0.5, 0.6) is 0 Å². The highest BCUT2D eigenvalue weighted by molar-refractivity contribution is 7.87. The van der Waals surface area contributed by atoms with Gasteiger partial charge in [-0.2, -0.15) is 8.42 Å². The van der Waals surface area contributed by atoms with E-state index in [1.807, 2.05) is 0 Å². The Morgan fingerprint density at radius 1 is 1.32 bits per heavy atom. The molecule has 11 heteroatoms. The second kappa shape index (κ2) is 6.87. The van der Waals surface area contributed by atoms with Gasteiger partial charge in [-0.15, -0.1) is 0 Å². The number of carbonyl (C=O) groups excluding carboxylic acids is 1. The molecule has 9 nitrogen and oxygen atoms in total. The van der Waals surface area contributed by atoms with Crippen molar-refractivity contribution < 1.29 is 39.9 Å². The SMILES string of the molecule is CCCCC(C(=O)c1cc([NH2+]S(=O)(=O)[O-])c(C)o1)S(=O)(=O)[O-]. The van der Waals surface area contributed by atoms with Crippen LogP contribution in [-0.2, 0) is 20.4 Å². The second-order valence-electron chi connectivity index (χ2n) is 4.72. The summed E-state index contributed by atoms with van der Waals surface area (Å²) < 4.78 is 71.0. The van der Waals surface area contributed by atoms with Gasteiger partial charge >= 0.3 is 0 Å². The summed E-state index contributed by atoms with van der Waals surface area (Å²) in [4.78, 5) is 12.1. The molecule has 0 amide bonds. The molecule has 0 aliphatic carbocycles. The van der Waals surface area contributed by atoms with E-state index in [9.17, 15) is 30.7 Å². The van der Waals surface area contributed by atoms with Gasteiger partial charge in [0.15, 0.2) is 17.2 Å². The Hall–Kier alpha value is -1.27. The maximum atomic E-state index is 12.1. The number of furan rings is 1. The number of hydrogen-bond acceptors (Lipinski definition) is 8. The number of unbranched alkanes of at least 4 members (excludes halogenated alkanes) is 1. The Labute approximate surface area is 128 Å². The van der Waals surface area contributed by atoms with Crippen LogP contribution in [0.15, 0.2) is 10.5 Å². The van der Waals surface area contributed by atoms with Crippen LogP contribution in [0.4, 0.5) is 5.69 Å². The summed E-state index contributed by atoms with van der Waals surface area (Å²) in [6, 6.07) is 0.942. The summed E-state index contributed by atoms with van der Waals surface area (Å²) >= 11 is 0. The third-order valence-electron chi connectivity index (χ3n) is 2.93. The molecular weight excluding hydrogens is 338 g/mol. The van der Waals surface area contributed by atoms with Gasteiger partial charge in [-0.25, -0.2) is 13.1 Å². The zero-order chi connectivity index (χ0) is 17.1. The molecule has 1 aromatic rings. The minimum atomic E-state index is -4.87. The Balaban J connectivity index is 3.13. The summed E-state index contributed by atoms with van der Waals surface area (Å²) in [6.45, 7) is 3.07. The maximum Gasteiger partial charge on any atom is 0.256 e. The summed E-state index contributed by atoms with van der Waals surface area (Å²) in [7, 11) is -9.57. The highest BCUT2D eigenvalue weighted by Gasteiger charge is 2.30. The van der Waals surface area contributed by atoms with Gasteiger partial charge in [-0.05, 0) is 6.42 Å². The molecule has 22 heavy (non-hydrogen) atoms. The van der Waals surface area contributed by atoms with Crippen LogP contribution in [0.25, 0.3) is 0 Å². The average Bonchev–Trinajstić information content (AvgIpc) is 2.67. The minimum absolute atomic E-state index is 0.0414. The van der Waals surface area contributed by atoms with Gasteiger partial charge in [-0.3, -0.25) is 4.79 Å². The van der Waals surface area contributed by atoms with Gasteiger partial charge in [0.25, 0.3) is 10.3 Å². The Kier molecular flexibility index (Phi) is 5.87. The molecule has 0 saturated heterocycles. The summed E-state index contributed by atoms with van der Waals surface area (Å²) in [5.74, 6) is -1.55. The smallest absolute Gasteiger partial charge is 0.256 e. The number of quaternary nitrogens is 1. The van der Waals surface area contributed by atoms with E-state index in [-0.39, 0.29) is 17.9 Å². The van der Waals surface area contributed by atoms with Crippen molar-refractivity contribution in [3.63, 3.8) is 0 Å². The van der Waals surface area contributed by atoms with Gasteiger partial charge in [0.1, 0.15) is 15.4 Å². The summed E-state index contributed by atoms with van der Waals surface area (Å²) in [6.07, 6.45) is 0.787. The largest absolute Gasteiger partial charge is 0.747 e. The van der Waals surface area contributed by atoms with Crippen molar-refractivity contribution in [3.05, 3.63) is 17.6 Å². The molecule has 0 bridgehead atoms. The summed E-state index contributed by atoms with van der Waals surface area (Å²) in [5, 5.41) is -1.80. The molecule has 0 saturated carbocycles. The number of ketones is 1. The fourth-order valence-electron chi connectivity index (χ4n) is 1.84. The number of nitrogens with two attached hydrogens (primary N) is 1. The first-order valence-corrected chi connectivity index (χ1v) is 9.30. The van der Waals surface area contributed by atoms with Gasteiger partial charge in [0.2, 0.25) is 5.78 Å². The van der Waals surface area contributed by atoms with E-state index < -0.39 is 37.2 Å². The normalized spacial score (nSPS) is 14.0. The first-order valence-electron chi connectivity index (χ1n) is 6.35. The lowest BCUT2D eigenvalue weighted by atomic mass is 10.1. The van der Waals surface area contributed by atoms with Crippen LogP contribution in [0.2, 0.25) is 0 Å². The number of hydrogen-bond donors (Lipinski definition) is 1. The highest BCUT2D eigenvalue weighted by Crippen LogP contribution is 2.21. The molecule has 0 aromatic carbocycles. The third kappa shape index (κ3) is 5.18. The van der Waals surface area contributed by atoms with Crippen LogP contribution >= 0.6 is 0 Å². The van der Waals surface area contributed by atoms with E-state index in [0.717, 1.165) is 6.07 Å². The Morgan fingerprint density at radius 2 is 1.91 bits per heavy atom. The first-order chi connectivity index (χ1) is 9.95. The van der Waals surface area contributed by atoms with Crippen molar-refractivity contribution in [2.45, 2.75) is 38.4 Å². The predicted molar refractivity (Wildman–Crippen MR) is 72.1 cm³/mol. The standard InChI is InChI=1S/C11H17NO8S2/c1-3-4-5-10(21(14,15)16)11(13)9-6-8(7(2)20-9)12-22(17,18)19/h6,10,12H,3-5H2,1-2H3,(H,14,15,16)(H,17,18,19)/p-1. The molecule has 1 aromatic heterocycles. The first kappa shape index (κ1) is 18.8. The predicted octanol–water partition coefficient (Wildman–Crippen LogP) is -0.470. The van der Waals surface area contributed by atoms with Crippen LogP contribution in [-0.4, -0.2) is 37.0 Å². The monoisotopic (exact) mass is 354 g/mol. The van der Waals surface area contributed by atoms with Crippen LogP contribution in [0, 0.1) is 6.92 Å². The molecule has 126 valence electrons. The van der Waals surface area contributed by atoms with E-state index in [1.54, 1.807) is 6.92 Å². The molecule has 1 heterocycles. The average molecular weight is 354 g/mol. The van der Waals surface area contributed by atoms with Crippen LogP contribution < -0.4 is 4.72 Å². The van der Waals surface area contributed by atoms with Crippen LogP contribution in [0.3, 0.4) is 0 Å². The molecule has 1 unspecified atom stereocenters. The van der Waals surface area contributed by atoms with E-state index in [2.05, 4.69) is 0 Å². The van der Waals surface area contributed by atoms with Gasteiger partial charge in [0, 0.05) is 6.92 Å². The molecule has 1 rings (SSSR count). The second-order valence-corrected chi connectivity index (χ2v) is 7.50. The minimum Gasteiger partial charge on any atom is -0.747 e. The van der Waals surface area contributed by atoms with Crippen molar-refractivity contribution in [1.29, 1.82) is 0 Å². The zero-order valence-electron chi connectivity index (χ0n) is 11.9. The van der Waals surface area contributed by atoms with Crippen molar-refractivity contribution in [3.8, 4) is 0 Å². The fourth-order valence-corrected chi connectivity index (χ4v) is 3.22. The number of aryl methyl sites for hydroxylation is 1. The van der Waals surface area contributed by atoms with Crippen molar-refractivity contribution in [2.24, 2.45) is 0 Å². The molecule has 2 N–H and O–H groups in total. The van der Waals surface area contributed by atoms with E-state index in [0.29, 0.717) is 17.6 Å². The number of carbonyl (C=O) groups is 1. The molecule has 0 spiro atoms.